The van der Waals surface area contributed by atoms with E-state index in [1.165, 1.54) is 11.8 Å². The summed E-state index contributed by atoms with van der Waals surface area (Å²) in [5, 5.41) is 19.1. The number of benzene rings is 1. The lowest BCUT2D eigenvalue weighted by molar-refractivity contribution is -0.147. The topological polar surface area (TPSA) is 104 Å². The number of carbonyl (C=O) groups is 2. The molecule has 1 aromatic rings. The Balaban J connectivity index is 1.86. The van der Waals surface area contributed by atoms with Gasteiger partial charge in [-0.1, -0.05) is 42.1 Å². The third-order valence-electron chi connectivity index (χ3n) is 2.55. The average molecular weight is 316 g/mol. The van der Waals surface area contributed by atoms with Gasteiger partial charge in [0.05, 0.1) is 11.8 Å². The smallest absolute Gasteiger partial charge is 0.320 e. The number of hydrogen-bond donors (Lipinski definition) is 1. The molecule has 0 atom stereocenters. The predicted octanol–water partition coefficient (Wildman–Crippen LogP) is 1.07. The van der Waals surface area contributed by atoms with Crippen molar-refractivity contribution in [1.82, 2.24) is 5.32 Å². The first-order valence-corrected chi connectivity index (χ1v) is 7.33. The molecule has 1 heterocycles. The number of nitrogens with one attached hydrogen (secondary N) is 1. The number of ether oxygens (including phenoxy) is 1. The van der Waals surface area contributed by atoms with Crippen molar-refractivity contribution in [1.29, 1.82) is 5.26 Å². The van der Waals surface area contributed by atoms with Crippen LogP contribution in [0.4, 0.5) is 0 Å². The normalized spacial score (nSPS) is 13.4. The van der Waals surface area contributed by atoms with Crippen LogP contribution in [-0.4, -0.2) is 35.1 Å². The van der Waals surface area contributed by atoms with Crippen LogP contribution in [0.3, 0.4) is 0 Å². The Hall–Kier alpha value is -2.66. The van der Waals surface area contributed by atoms with Gasteiger partial charge in [0.25, 0.3) is 5.91 Å². The summed E-state index contributed by atoms with van der Waals surface area (Å²) in [5.74, 6) is -0.673. The van der Waals surface area contributed by atoms with Gasteiger partial charge in [-0.2, -0.15) is 10.4 Å². The summed E-state index contributed by atoms with van der Waals surface area (Å²) in [6.45, 7) is -0.449. The molecular weight excluding hydrogens is 304 g/mol. The summed E-state index contributed by atoms with van der Waals surface area (Å²) in [6.07, 6.45) is -0.381. The van der Waals surface area contributed by atoms with E-state index in [2.05, 4.69) is 20.3 Å². The van der Waals surface area contributed by atoms with Crippen LogP contribution in [0.15, 0.2) is 40.5 Å². The number of nitrogens with zero attached hydrogens (tertiary/aromatic N) is 3. The fourth-order valence-corrected chi connectivity index (χ4v) is 2.33. The number of nitriles is 1. The maximum Gasteiger partial charge on any atom is 0.320 e. The highest BCUT2D eigenvalue weighted by Gasteiger charge is 2.15. The summed E-state index contributed by atoms with van der Waals surface area (Å²) < 4.78 is 4.60. The SMILES string of the molecule is N#CCC(=O)OCC(=O)NC1=NN=C(c2ccccc2)CS1. The van der Waals surface area contributed by atoms with Gasteiger partial charge in [0, 0.05) is 5.75 Å². The van der Waals surface area contributed by atoms with E-state index in [9.17, 15) is 9.59 Å². The maximum atomic E-state index is 11.6. The fourth-order valence-electron chi connectivity index (χ4n) is 1.55. The first-order valence-electron chi connectivity index (χ1n) is 6.34. The van der Waals surface area contributed by atoms with E-state index in [1.54, 1.807) is 6.07 Å². The Kier molecular flexibility index (Phi) is 5.68. The van der Waals surface area contributed by atoms with Crippen LogP contribution in [0.5, 0.6) is 0 Å². The zero-order chi connectivity index (χ0) is 15.8. The van der Waals surface area contributed by atoms with Gasteiger partial charge in [0.2, 0.25) is 0 Å². The molecule has 0 saturated carbocycles. The predicted molar refractivity (Wildman–Crippen MR) is 82.2 cm³/mol. The molecule has 0 bridgehead atoms. The molecule has 0 fully saturated rings. The molecule has 0 aromatic heterocycles. The minimum atomic E-state index is -0.736. The highest BCUT2D eigenvalue weighted by molar-refractivity contribution is 8.14. The molecule has 22 heavy (non-hydrogen) atoms. The van der Waals surface area contributed by atoms with Gasteiger partial charge < -0.3 is 10.1 Å². The van der Waals surface area contributed by atoms with E-state index in [0.717, 1.165) is 11.3 Å². The number of hydrogen-bond acceptors (Lipinski definition) is 7. The first kappa shape index (κ1) is 15.7. The number of esters is 1. The molecule has 0 aliphatic carbocycles. The summed E-state index contributed by atoms with van der Waals surface area (Å²) in [7, 11) is 0. The molecular formula is C14H12N4O3S. The van der Waals surface area contributed by atoms with Crippen LogP contribution in [0.1, 0.15) is 12.0 Å². The van der Waals surface area contributed by atoms with Crippen molar-refractivity contribution in [3.05, 3.63) is 35.9 Å². The monoisotopic (exact) mass is 316 g/mol. The highest BCUT2D eigenvalue weighted by Crippen LogP contribution is 2.14. The Bertz CT molecular complexity index is 664. The minimum absolute atomic E-state index is 0.348. The lowest BCUT2D eigenvalue weighted by Crippen LogP contribution is -2.34. The average Bonchev–Trinajstić information content (AvgIpc) is 2.55. The van der Waals surface area contributed by atoms with E-state index in [1.807, 2.05) is 30.3 Å². The van der Waals surface area contributed by atoms with Crippen LogP contribution >= 0.6 is 11.8 Å². The largest absolute Gasteiger partial charge is 0.455 e. The lowest BCUT2D eigenvalue weighted by Gasteiger charge is -2.12. The Morgan fingerprint density at radius 1 is 1.32 bits per heavy atom. The summed E-state index contributed by atoms with van der Waals surface area (Å²) >= 11 is 1.33. The van der Waals surface area contributed by atoms with Crippen molar-refractivity contribution < 1.29 is 14.3 Å². The number of thioether (sulfide) groups is 1. The summed E-state index contributed by atoms with van der Waals surface area (Å²) in [5.41, 5.74) is 1.80. The van der Waals surface area contributed by atoms with E-state index < -0.39 is 18.5 Å². The van der Waals surface area contributed by atoms with Crippen LogP contribution in [0.25, 0.3) is 0 Å². The van der Waals surface area contributed by atoms with Gasteiger partial charge in [-0.05, 0) is 5.56 Å². The zero-order valence-electron chi connectivity index (χ0n) is 11.5. The van der Waals surface area contributed by atoms with Crippen molar-refractivity contribution in [2.45, 2.75) is 6.42 Å². The number of amides is 1. The zero-order valence-corrected chi connectivity index (χ0v) is 12.3. The van der Waals surface area contributed by atoms with Gasteiger partial charge >= 0.3 is 5.97 Å². The molecule has 112 valence electrons. The molecule has 0 radical (unpaired) electrons. The fraction of sp³-hybridized carbons (Fsp3) is 0.214. The van der Waals surface area contributed by atoms with E-state index in [4.69, 9.17) is 5.26 Å². The molecule has 2 rings (SSSR count). The third kappa shape index (κ3) is 4.71. The summed E-state index contributed by atoms with van der Waals surface area (Å²) in [6, 6.07) is 11.3. The van der Waals surface area contributed by atoms with Crippen molar-refractivity contribution in [3.8, 4) is 6.07 Å². The van der Waals surface area contributed by atoms with E-state index in [-0.39, 0.29) is 6.42 Å². The van der Waals surface area contributed by atoms with Gasteiger partial charge in [-0.3, -0.25) is 9.59 Å². The van der Waals surface area contributed by atoms with Crippen molar-refractivity contribution in [2.24, 2.45) is 10.2 Å². The Morgan fingerprint density at radius 2 is 2.09 bits per heavy atom. The summed E-state index contributed by atoms with van der Waals surface area (Å²) in [4.78, 5) is 22.5. The van der Waals surface area contributed by atoms with E-state index in [0.29, 0.717) is 10.9 Å². The molecule has 0 saturated heterocycles. The van der Waals surface area contributed by atoms with Crippen LogP contribution < -0.4 is 5.32 Å². The molecule has 1 aliphatic rings. The Labute approximate surface area is 131 Å². The quantitative estimate of drug-likeness (QED) is 0.837. The van der Waals surface area contributed by atoms with Crippen molar-refractivity contribution >= 4 is 34.5 Å². The second kappa shape index (κ2) is 7.95. The maximum absolute atomic E-state index is 11.6. The molecule has 0 unspecified atom stereocenters. The molecule has 8 heteroatoms. The number of rotatable bonds is 4. The van der Waals surface area contributed by atoms with Crippen molar-refractivity contribution in [3.63, 3.8) is 0 Å². The van der Waals surface area contributed by atoms with Gasteiger partial charge in [0.15, 0.2) is 11.8 Å². The van der Waals surface area contributed by atoms with Crippen molar-refractivity contribution in [2.75, 3.05) is 12.4 Å². The molecule has 1 aliphatic heterocycles. The molecule has 1 amide bonds. The van der Waals surface area contributed by atoms with Crippen LogP contribution in [-0.2, 0) is 14.3 Å². The van der Waals surface area contributed by atoms with Gasteiger partial charge in [-0.15, -0.1) is 5.10 Å². The first-order chi connectivity index (χ1) is 10.7. The molecule has 7 nitrogen and oxygen atoms in total. The highest BCUT2D eigenvalue weighted by atomic mass is 32.2. The second-order valence-corrected chi connectivity index (χ2v) is 5.11. The third-order valence-corrected chi connectivity index (χ3v) is 3.42. The van der Waals surface area contributed by atoms with Crippen LogP contribution in [0, 0.1) is 11.3 Å². The molecule has 1 aromatic carbocycles. The second-order valence-electron chi connectivity index (χ2n) is 4.15. The standard InChI is InChI=1S/C14H12N4O3S/c15-7-6-13(20)21-8-12(19)16-14-18-17-11(9-22-14)10-4-2-1-3-5-10/h1-5H,6,8-9H2,(H,16,18,19). The van der Waals surface area contributed by atoms with Crippen LogP contribution in [0.2, 0.25) is 0 Å². The molecule has 1 N–H and O–H groups in total. The molecule has 0 spiro atoms. The lowest BCUT2D eigenvalue weighted by atomic mass is 10.1. The van der Waals surface area contributed by atoms with Gasteiger partial charge in [0.1, 0.15) is 6.42 Å². The number of amidine groups is 1. The minimum Gasteiger partial charge on any atom is -0.455 e. The van der Waals surface area contributed by atoms with E-state index >= 15 is 0 Å². The van der Waals surface area contributed by atoms with Gasteiger partial charge in [-0.25, -0.2) is 0 Å². The number of carbonyl (C=O) groups excluding carboxylic acids is 2. The Morgan fingerprint density at radius 3 is 2.73 bits per heavy atom.